The zero-order valence-corrected chi connectivity index (χ0v) is 25.8. The van der Waals surface area contributed by atoms with Crippen LogP contribution in [0, 0.1) is 12.3 Å². The molecule has 41 heavy (non-hydrogen) atoms. The van der Waals surface area contributed by atoms with Gasteiger partial charge in [-0.15, -0.1) is 6.42 Å². The lowest BCUT2D eigenvalue weighted by atomic mass is 9.96. The minimum absolute atomic E-state index is 0.0875. The summed E-state index contributed by atoms with van der Waals surface area (Å²) >= 11 is 0. The Labute approximate surface area is 247 Å². The van der Waals surface area contributed by atoms with Crippen molar-refractivity contribution in [3.8, 4) is 12.3 Å². The molecule has 1 aliphatic rings. The Hall–Kier alpha value is -1.33. The van der Waals surface area contributed by atoms with Crippen molar-refractivity contribution in [2.45, 2.75) is 90.4 Å². The summed E-state index contributed by atoms with van der Waals surface area (Å²) in [4.78, 5) is 12.7. The molecule has 0 aromatic carbocycles. The molecule has 1 amide bonds. The van der Waals surface area contributed by atoms with E-state index in [1.165, 1.54) is 0 Å². The standard InChI is InChI=1S/C30H55NO10/c1-6-11-26(32)31-27-29(39-22-19-35-14-9-4)28(38-21-18-34-13-8-3)25(24-37-17-16-33-12-7-2)41-30(27)40-23-20-36-15-10-5/h1,25,27-30H,7-24H2,2-5H3,(H,31,32). The Kier molecular flexibility index (Phi) is 24.2. The van der Waals surface area contributed by atoms with Gasteiger partial charge < -0.3 is 47.9 Å². The molecule has 1 fully saturated rings. The summed E-state index contributed by atoms with van der Waals surface area (Å²) in [6.07, 6.45) is 6.38. The lowest BCUT2D eigenvalue weighted by Gasteiger charge is -2.46. The minimum atomic E-state index is -0.843. The summed E-state index contributed by atoms with van der Waals surface area (Å²) in [6.45, 7) is 14.0. The number of hydrogen-bond acceptors (Lipinski definition) is 10. The molecule has 11 nitrogen and oxygen atoms in total. The van der Waals surface area contributed by atoms with Crippen LogP contribution in [0.2, 0.25) is 0 Å². The van der Waals surface area contributed by atoms with E-state index in [1.807, 2.05) is 13.8 Å². The van der Waals surface area contributed by atoms with Gasteiger partial charge in [0.1, 0.15) is 24.4 Å². The molecule has 0 radical (unpaired) electrons. The van der Waals surface area contributed by atoms with E-state index in [1.54, 1.807) is 0 Å². The van der Waals surface area contributed by atoms with E-state index < -0.39 is 30.6 Å². The van der Waals surface area contributed by atoms with Gasteiger partial charge in [0.15, 0.2) is 6.29 Å². The zero-order valence-electron chi connectivity index (χ0n) is 25.8. The van der Waals surface area contributed by atoms with Gasteiger partial charge in [-0.1, -0.05) is 33.6 Å². The molecule has 5 unspecified atom stereocenters. The van der Waals surface area contributed by atoms with E-state index >= 15 is 0 Å². The number of carbonyl (C=O) groups is 1. The summed E-state index contributed by atoms with van der Waals surface area (Å²) in [5.74, 6) is 2.06. The summed E-state index contributed by atoms with van der Waals surface area (Å²) in [5.41, 5.74) is 0. The van der Waals surface area contributed by atoms with Gasteiger partial charge >= 0.3 is 0 Å². The highest BCUT2D eigenvalue weighted by Crippen LogP contribution is 2.28. The second kappa shape index (κ2) is 26.3. The average molecular weight is 590 g/mol. The summed E-state index contributed by atoms with van der Waals surface area (Å²) in [5, 5.41) is 2.97. The molecule has 0 bridgehead atoms. The van der Waals surface area contributed by atoms with E-state index in [-0.39, 0.29) is 25.5 Å². The van der Waals surface area contributed by atoms with Gasteiger partial charge in [0.25, 0.3) is 0 Å². The Morgan fingerprint density at radius 3 is 1.63 bits per heavy atom. The van der Waals surface area contributed by atoms with Crippen molar-refractivity contribution in [3.05, 3.63) is 0 Å². The van der Waals surface area contributed by atoms with Crippen LogP contribution in [0.1, 0.15) is 59.8 Å². The second-order valence-electron chi connectivity index (χ2n) is 9.58. The first kappa shape index (κ1) is 37.7. The quantitative estimate of drug-likeness (QED) is 0.113. The first-order chi connectivity index (χ1) is 20.1. The lowest BCUT2D eigenvalue weighted by Crippen LogP contribution is -2.66. The number of nitrogens with one attached hydrogen (secondary N) is 1. The van der Waals surface area contributed by atoms with Crippen LogP contribution in [0.25, 0.3) is 0 Å². The molecule has 0 saturated carbocycles. The molecule has 1 rings (SSSR count). The van der Waals surface area contributed by atoms with Crippen molar-refractivity contribution >= 4 is 5.91 Å². The number of hydrogen-bond donors (Lipinski definition) is 1. The first-order valence-electron chi connectivity index (χ1n) is 15.2. The highest BCUT2D eigenvalue weighted by molar-refractivity contribution is 5.78. The third-order valence-corrected chi connectivity index (χ3v) is 5.87. The predicted molar refractivity (Wildman–Crippen MR) is 155 cm³/mol. The molecule has 240 valence electrons. The van der Waals surface area contributed by atoms with Crippen molar-refractivity contribution < 1.29 is 47.4 Å². The van der Waals surface area contributed by atoms with Gasteiger partial charge in [0.05, 0.1) is 65.9 Å². The predicted octanol–water partition coefficient (Wildman–Crippen LogP) is 2.73. The molecule has 1 aliphatic heterocycles. The van der Waals surface area contributed by atoms with Crippen molar-refractivity contribution in [2.75, 3.05) is 85.9 Å². The summed E-state index contributed by atoms with van der Waals surface area (Å²) < 4.78 is 53.5. The first-order valence-corrected chi connectivity index (χ1v) is 15.2. The van der Waals surface area contributed by atoms with E-state index in [0.29, 0.717) is 72.7 Å². The highest BCUT2D eigenvalue weighted by Gasteiger charge is 2.48. The smallest absolute Gasteiger partial charge is 0.232 e. The topological polar surface area (TPSA) is 112 Å². The number of rotatable bonds is 27. The van der Waals surface area contributed by atoms with Gasteiger partial charge in [-0.05, 0) is 25.7 Å². The molecule has 0 aliphatic carbocycles. The summed E-state index contributed by atoms with van der Waals surface area (Å²) in [6, 6.07) is -0.695. The zero-order chi connectivity index (χ0) is 30.0. The van der Waals surface area contributed by atoms with Gasteiger partial charge in [0, 0.05) is 26.4 Å². The molecular weight excluding hydrogens is 534 g/mol. The van der Waals surface area contributed by atoms with Crippen molar-refractivity contribution in [3.63, 3.8) is 0 Å². The van der Waals surface area contributed by atoms with Crippen LogP contribution < -0.4 is 5.32 Å². The van der Waals surface area contributed by atoms with Crippen LogP contribution in [0.5, 0.6) is 0 Å². The summed E-state index contributed by atoms with van der Waals surface area (Å²) in [7, 11) is 0. The van der Waals surface area contributed by atoms with Crippen LogP contribution in [-0.2, 0) is 47.4 Å². The highest BCUT2D eigenvalue weighted by atomic mass is 16.7. The molecule has 11 heteroatoms. The number of ether oxygens (including phenoxy) is 9. The number of terminal acetylenes is 1. The Bertz CT molecular complexity index is 662. The molecule has 1 N–H and O–H groups in total. The molecule has 1 saturated heterocycles. The Morgan fingerprint density at radius 1 is 0.659 bits per heavy atom. The van der Waals surface area contributed by atoms with Gasteiger partial charge in [-0.3, -0.25) is 4.79 Å². The van der Waals surface area contributed by atoms with Crippen molar-refractivity contribution in [2.24, 2.45) is 0 Å². The minimum Gasteiger partial charge on any atom is -0.379 e. The van der Waals surface area contributed by atoms with Crippen LogP contribution in [0.4, 0.5) is 0 Å². The maximum atomic E-state index is 12.7. The maximum absolute atomic E-state index is 12.7. The van der Waals surface area contributed by atoms with E-state index in [9.17, 15) is 4.79 Å². The fraction of sp³-hybridized carbons (Fsp3) is 0.900. The number of carbonyl (C=O) groups excluding carboxylic acids is 1. The van der Waals surface area contributed by atoms with Crippen molar-refractivity contribution in [1.82, 2.24) is 5.32 Å². The largest absolute Gasteiger partial charge is 0.379 e. The van der Waals surface area contributed by atoms with E-state index in [4.69, 9.17) is 49.1 Å². The van der Waals surface area contributed by atoms with Gasteiger partial charge in [0.2, 0.25) is 5.91 Å². The monoisotopic (exact) mass is 589 g/mol. The molecule has 0 spiro atoms. The lowest BCUT2D eigenvalue weighted by molar-refractivity contribution is -0.290. The molecule has 1 heterocycles. The SMILES string of the molecule is C#CCC(=O)NC1C(OCCOCCC)OC(COCCOCCC)C(OCCOCCC)C1OCCOCCC. The van der Waals surface area contributed by atoms with Crippen molar-refractivity contribution in [1.29, 1.82) is 0 Å². The molecular formula is C30H55NO10. The van der Waals surface area contributed by atoms with Crippen LogP contribution in [0.3, 0.4) is 0 Å². The molecule has 5 atom stereocenters. The molecule has 0 aromatic heterocycles. The fourth-order valence-electron chi connectivity index (χ4n) is 4.08. The maximum Gasteiger partial charge on any atom is 0.232 e. The Balaban J connectivity index is 3.13. The van der Waals surface area contributed by atoms with E-state index in [0.717, 1.165) is 25.7 Å². The van der Waals surface area contributed by atoms with Crippen LogP contribution in [-0.4, -0.2) is 122 Å². The Morgan fingerprint density at radius 2 is 1.12 bits per heavy atom. The third kappa shape index (κ3) is 17.4. The van der Waals surface area contributed by atoms with Gasteiger partial charge in [-0.2, -0.15) is 0 Å². The second-order valence-corrected chi connectivity index (χ2v) is 9.58. The molecule has 0 aromatic rings. The average Bonchev–Trinajstić information content (AvgIpc) is 2.96. The normalized spacial score (nSPS) is 22.5. The fourth-order valence-corrected chi connectivity index (χ4v) is 4.08. The third-order valence-electron chi connectivity index (χ3n) is 5.87. The number of amides is 1. The van der Waals surface area contributed by atoms with E-state index in [2.05, 4.69) is 25.1 Å². The van der Waals surface area contributed by atoms with Crippen LogP contribution >= 0.6 is 0 Å². The van der Waals surface area contributed by atoms with Gasteiger partial charge in [-0.25, -0.2) is 0 Å². The van der Waals surface area contributed by atoms with Crippen LogP contribution in [0.15, 0.2) is 0 Å².